The predicted molar refractivity (Wildman–Crippen MR) is 64.5 cm³/mol. The van der Waals surface area contributed by atoms with Crippen molar-refractivity contribution < 1.29 is 13.5 Å². The Labute approximate surface area is 101 Å². The molecule has 17 heavy (non-hydrogen) atoms. The van der Waals surface area contributed by atoms with Crippen molar-refractivity contribution in [3.63, 3.8) is 0 Å². The van der Waals surface area contributed by atoms with E-state index in [1.165, 1.54) is 0 Å². The number of ether oxygens (including phenoxy) is 1. The Morgan fingerprint density at radius 3 is 2.41 bits per heavy atom. The van der Waals surface area contributed by atoms with Gasteiger partial charge in [0.1, 0.15) is 5.75 Å². The molecule has 1 N–H and O–H groups in total. The lowest BCUT2D eigenvalue weighted by atomic mass is 10.1. The Hall–Kier alpha value is -1.16. The van der Waals surface area contributed by atoms with E-state index in [0.717, 1.165) is 24.9 Å². The van der Waals surface area contributed by atoms with Crippen LogP contribution >= 0.6 is 0 Å². The first kappa shape index (κ1) is 13.9. The van der Waals surface area contributed by atoms with Crippen molar-refractivity contribution in [2.24, 2.45) is 0 Å². The second kappa shape index (κ2) is 7.22. The highest BCUT2D eigenvalue weighted by atomic mass is 19.3. The predicted octanol–water partition coefficient (Wildman–Crippen LogP) is 3.22. The van der Waals surface area contributed by atoms with Gasteiger partial charge in [-0.05, 0) is 44.0 Å². The van der Waals surface area contributed by atoms with Crippen molar-refractivity contribution in [3.05, 3.63) is 29.8 Å². The molecule has 0 aliphatic carbocycles. The first-order chi connectivity index (χ1) is 8.11. The first-order valence-corrected chi connectivity index (χ1v) is 5.89. The molecule has 0 radical (unpaired) electrons. The zero-order valence-corrected chi connectivity index (χ0v) is 10.2. The van der Waals surface area contributed by atoms with E-state index in [9.17, 15) is 8.78 Å². The van der Waals surface area contributed by atoms with Crippen LogP contribution in [0.4, 0.5) is 8.78 Å². The number of alkyl halides is 2. The molecule has 96 valence electrons. The van der Waals surface area contributed by atoms with Crippen molar-refractivity contribution in [2.45, 2.75) is 39.3 Å². The monoisotopic (exact) mass is 243 g/mol. The standard InChI is InChI=1S/C13H19F2NO/c1-3-8-16-10(2)9-11-4-6-12(7-5-11)17-13(14)15/h4-7,10,13,16H,3,8-9H2,1-2H3. The third-order valence-corrected chi connectivity index (χ3v) is 2.43. The van der Waals surface area contributed by atoms with Crippen molar-refractivity contribution in [2.75, 3.05) is 6.54 Å². The van der Waals surface area contributed by atoms with Crippen LogP contribution in [0.1, 0.15) is 25.8 Å². The summed E-state index contributed by atoms with van der Waals surface area (Å²) in [6.07, 6.45) is 1.99. The van der Waals surface area contributed by atoms with Gasteiger partial charge >= 0.3 is 6.61 Å². The van der Waals surface area contributed by atoms with Gasteiger partial charge in [-0.2, -0.15) is 8.78 Å². The van der Waals surface area contributed by atoms with Crippen LogP contribution in [0, 0.1) is 0 Å². The molecule has 1 unspecified atom stereocenters. The van der Waals surface area contributed by atoms with E-state index in [0.29, 0.717) is 6.04 Å². The van der Waals surface area contributed by atoms with Crippen LogP contribution in [0.5, 0.6) is 5.75 Å². The van der Waals surface area contributed by atoms with Crippen LogP contribution in [-0.4, -0.2) is 19.2 Å². The Kier molecular flexibility index (Phi) is 5.91. The van der Waals surface area contributed by atoms with E-state index in [1.807, 2.05) is 12.1 Å². The normalized spacial score (nSPS) is 12.8. The summed E-state index contributed by atoms with van der Waals surface area (Å²) in [7, 11) is 0. The number of halogens is 2. The van der Waals surface area contributed by atoms with Gasteiger partial charge < -0.3 is 10.1 Å². The van der Waals surface area contributed by atoms with Gasteiger partial charge in [0.05, 0.1) is 0 Å². The van der Waals surface area contributed by atoms with Gasteiger partial charge in [-0.3, -0.25) is 0 Å². The molecule has 0 spiro atoms. The molecular formula is C13H19F2NO. The molecule has 2 nitrogen and oxygen atoms in total. The van der Waals surface area contributed by atoms with Gasteiger partial charge in [0.15, 0.2) is 0 Å². The maximum absolute atomic E-state index is 11.9. The zero-order chi connectivity index (χ0) is 12.7. The lowest BCUT2D eigenvalue weighted by Crippen LogP contribution is -2.28. The molecule has 0 heterocycles. The minimum atomic E-state index is -2.76. The molecule has 0 fully saturated rings. The molecule has 0 saturated heterocycles. The summed E-state index contributed by atoms with van der Waals surface area (Å²) < 4.78 is 28.2. The quantitative estimate of drug-likeness (QED) is 0.794. The minimum Gasteiger partial charge on any atom is -0.435 e. The molecule has 0 aliphatic heterocycles. The van der Waals surface area contributed by atoms with Crippen LogP contribution in [0.15, 0.2) is 24.3 Å². The lowest BCUT2D eigenvalue weighted by Gasteiger charge is -2.13. The highest BCUT2D eigenvalue weighted by Crippen LogP contribution is 2.15. The van der Waals surface area contributed by atoms with Gasteiger partial charge in [-0.1, -0.05) is 19.1 Å². The third kappa shape index (κ3) is 5.63. The maximum atomic E-state index is 11.9. The maximum Gasteiger partial charge on any atom is 0.387 e. The molecular weight excluding hydrogens is 224 g/mol. The van der Waals surface area contributed by atoms with Gasteiger partial charge in [0.2, 0.25) is 0 Å². The fourth-order valence-corrected chi connectivity index (χ4v) is 1.62. The molecule has 1 atom stereocenters. The van der Waals surface area contributed by atoms with Crippen molar-refractivity contribution in [3.8, 4) is 5.75 Å². The van der Waals surface area contributed by atoms with E-state index in [2.05, 4.69) is 23.9 Å². The largest absolute Gasteiger partial charge is 0.435 e. The first-order valence-electron chi connectivity index (χ1n) is 5.89. The zero-order valence-electron chi connectivity index (χ0n) is 10.2. The molecule has 0 aromatic heterocycles. The number of nitrogens with one attached hydrogen (secondary N) is 1. The smallest absolute Gasteiger partial charge is 0.387 e. The van der Waals surface area contributed by atoms with Crippen molar-refractivity contribution in [1.29, 1.82) is 0 Å². The summed E-state index contributed by atoms with van der Waals surface area (Å²) in [6, 6.07) is 7.18. The SMILES string of the molecule is CCCNC(C)Cc1ccc(OC(F)F)cc1. The molecule has 0 saturated carbocycles. The van der Waals surface area contributed by atoms with Gasteiger partial charge in [-0.15, -0.1) is 0 Å². The summed E-state index contributed by atoms with van der Waals surface area (Å²) >= 11 is 0. The third-order valence-electron chi connectivity index (χ3n) is 2.43. The summed E-state index contributed by atoms with van der Waals surface area (Å²) in [6.45, 7) is 2.47. The van der Waals surface area contributed by atoms with Crippen LogP contribution in [0.25, 0.3) is 0 Å². The Morgan fingerprint density at radius 1 is 1.24 bits per heavy atom. The number of benzene rings is 1. The van der Waals surface area contributed by atoms with E-state index in [4.69, 9.17) is 0 Å². The van der Waals surface area contributed by atoms with E-state index < -0.39 is 6.61 Å². The molecule has 4 heteroatoms. The van der Waals surface area contributed by atoms with Crippen LogP contribution in [-0.2, 0) is 6.42 Å². The van der Waals surface area contributed by atoms with Crippen LogP contribution in [0.3, 0.4) is 0 Å². The molecule has 0 bridgehead atoms. The van der Waals surface area contributed by atoms with Gasteiger partial charge in [-0.25, -0.2) is 0 Å². The fraction of sp³-hybridized carbons (Fsp3) is 0.538. The van der Waals surface area contributed by atoms with Gasteiger partial charge in [0.25, 0.3) is 0 Å². The highest BCUT2D eigenvalue weighted by Gasteiger charge is 2.05. The van der Waals surface area contributed by atoms with Crippen molar-refractivity contribution in [1.82, 2.24) is 5.32 Å². The Bertz CT molecular complexity index is 314. The second-order valence-electron chi connectivity index (χ2n) is 4.08. The van der Waals surface area contributed by atoms with E-state index >= 15 is 0 Å². The van der Waals surface area contributed by atoms with Crippen LogP contribution < -0.4 is 10.1 Å². The average molecular weight is 243 g/mol. The summed E-state index contributed by atoms with van der Waals surface area (Å²) in [5, 5.41) is 3.38. The van der Waals surface area contributed by atoms with Gasteiger partial charge in [0, 0.05) is 6.04 Å². The van der Waals surface area contributed by atoms with E-state index in [1.54, 1.807) is 12.1 Å². The molecule has 0 aliphatic rings. The van der Waals surface area contributed by atoms with Crippen molar-refractivity contribution >= 4 is 0 Å². The second-order valence-corrected chi connectivity index (χ2v) is 4.08. The number of hydrogen-bond donors (Lipinski definition) is 1. The Morgan fingerprint density at radius 2 is 1.88 bits per heavy atom. The number of rotatable bonds is 7. The number of hydrogen-bond acceptors (Lipinski definition) is 2. The highest BCUT2D eigenvalue weighted by molar-refractivity contribution is 5.27. The van der Waals surface area contributed by atoms with Crippen LogP contribution in [0.2, 0.25) is 0 Å². The summed E-state index contributed by atoms with van der Waals surface area (Å²) in [5.41, 5.74) is 1.11. The molecule has 1 aromatic carbocycles. The molecule has 1 aromatic rings. The lowest BCUT2D eigenvalue weighted by molar-refractivity contribution is -0.0498. The minimum absolute atomic E-state index is 0.206. The summed E-state index contributed by atoms with van der Waals surface area (Å²) in [5.74, 6) is 0.206. The average Bonchev–Trinajstić information content (AvgIpc) is 2.28. The van der Waals surface area contributed by atoms with E-state index in [-0.39, 0.29) is 5.75 Å². The fourth-order valence-electron chi connectivity index (χ4n) is 1.62. The Balaban J connectivity index is 2.44. The topological polar surface area (TPSA) is 21.3 Å². The molecule has 0 amide bonds. The molecule has 1 rings (SSSR count). The summed E-state index contributed by atoms with van der Waals surface area (Å²) in [4.78, 5) is 0.